The van der Waals surface area contributed by atoms with Crippen molar-refractivity contribution < 1.29 is 9.59 Å². The van der Waals surface area contributed by atoms with E-state index in [-0.39, 0.29) is 12.1 Å². The summed E-state index contributed by atoms with van der Waals surface area (Å²) in [7, 11) is 1.55. The summed E-state index contributed by atoms with van der Waals surface area (Å²) >= 11 is 0. The molecule has 0 bridgehead atoms. The first kappa shape index (κ1) is 11.9. The van der Waals surface area contributed by atoms with Gasteiger partial charge >= 0.3 is 12.1 Å². The lowest BCUT2D eigenvalue weighted by Crippen LogP contribution is -2.42. The summed E-state index contributed by atoms with van der Waals surface area (Å²) in [5.74, 6) is 0. The van der Waals surface area contributed by atoms with Crippen LogP contribution in [0.4, 0.5) is 15.3 Å². The molecule has 0 spiro atoms. The van der Waals surface area contributed by atoms with Crippen LogP contribution in [0.25, 0.3) is 0 Å². The third-order valence-electron chi connectivity index (χ3n) is 2.41. The normalized spacial score (nSPS) is 14.1. The van der Waals surface area contributed by atoms with E-state index in [1.54, 1.807) is 19.2 Å². The van der Waals surface area contributed by atoms with E-state index in [2.05, 4.69) is 26.5 Å². The van der Waals surface area contributed by atoms with Crippen LogP contribution < -0.4 is 21.4 Å². The van der Waals surface area contributed by atoms with Crippen LogP contribution in [0, 0.1) is 0 Å². The summed E-state index contributed by atoms with van der Waals surface area (Å²) in [6, 6.07) is 6.60. The van der Waals surface area contributed by atoms with Gasteiger partial charge in [-0.2, -0.15) is 5.10 Å². The number of benzene rings is 1. The summed E-state index contributed by atoms with van der Waals surface area (Å²) in [4.78, 5) is 22.0. The number of amides is 4. The van der Waals surface area contributed by atoms with Gasteiger partial charge in [0, 0.05) is 12.7 Å². The number of hydrazone groups is 1. The fourth-order valence-corrected chi connectivity index (χ4v) is 1.47. The molecule has 0 aliphatic carbocycles. The SMILES string of the molecule is CNC(=O)Nc1ccc(C2=NNC(=O)NC2)cc1. The molecule has 0 aromatic heterocycles. The van der Waals surface area contributed by atoms with Crippen molar-refractivity contribution in [3.05, 3.63) is 29.8 Å². The molecule has 0 fully saturated rings. The van der Waals surface area contributed by atoms with E-state index in [4.69, 9.17) is 0 Å². The molecule has 0 saturated heterocycles. The molecule has 18 heavy (non-hydrogen) atoms. The lowest BCUT2D eigenvalue weighted by atomic mass is 10.1. The standard InChI is InChI=1S/C11H13N5O2/c1-12-10(17)14-8-4-2-7(3-5-8)9-6-13-11(18)16-15-9/h2-5H,6H2,1H3,(H2,12,14,17)(H2,13,16,18). The van der Waals surface area contributed by atoms with Crippen LogP contribution in [0.1, 0.15) is 5.56 Å². The Morgan fingerprint density at radius 3 is 2.61 bits per heavy atom. The van der Waals surface area contributed by atoms with Crippen LogP contribution in [0.5, 0.6) is 0 Å². The zero-order valence-corrected chi connectivity index (χ0v) is 9.78. The number of carbonyl (C=O) groups is 2. The molecular formula is C11H13N5O2. The second-order valence-corrected chi connectivity index (χ2v) is 3.63. The zero-order valence-electron chi connectivity index (χ0n) is 9.78. The molecule has 1 heterocycles. The lowest BCUT2D eigenvalue weighted by molar-refractivity contribution is 0.241. The van der Waals surface area contributed by atoms with E-state index in [9.17, 15) is 9.59 Å². The van der Waals surface area contributed by atoms with E-state index < -0.39 is 0 Å². The highest BCUT2D eigenvalue weighted by Gasteiger charge is 2.11. The fourth-order valence-electron chi connectivity index (χ4n) is 1.47. The van der Waals surface area contributed by atoms with Crippen LogP contribution in [-0.4, -0.2) is 31.4 Å². The van der Waals surface area contributed by atoms with Crippen molar-refractivity contribution in [1.82, 2.24) is 16.1 Å². The molecule has 4 N–H and O–H groups in total. The first-order chi connectivity index (χ1) is 8.69. The monoisotopic (exact) mass is 247 g/mol. The van der Waals surface area contributed by atoms with Gasteiger partial charge in [-0.05, 0) is 17.7 Å². The highest BCUT2D eigenvalue weighted by Crippen LogP contribution is 2.10. The zero-order chi connectivity index (χ0) is 13.0. The largest absolute Gasteiger partial charge is 0.341 e. The predicted molar refractivity (Wildman–Crippen MR) is 67.6 cm³/mol. The van der Waals surface area contributed by atoms with Crippen LogP contribution in [-0.2, 0) is 0 Å². The minimum absolute atomic E-state index is 0.272. The Kier molecular flexibility index (Phi) is 3.42. The molecule has 0 atom stereocenters. The number of rotatable bonds is 2. The molecule has 0 radical (unpaired) electrons. The molecule has 4 amide bonds. The third kappa shape index (κ3) is 2.76. The van der Waals surface area contributed by atoms with Gasteiger partial charge in [-0.3, -0.25) is 0 Å². The predicted octanol–water partition coefficient (Wildman–Crippen LogP) is 0.455. The van der Waals surface area contributed by atoms with Crippen LogP contribution in [0.3, 0.4) is 0 Å². The van der Waals surface area contributed by atoms with E-state index in [0.29, 0.717) is 12.2 Å². The van der Waals surface area contributed by atoms with Gasteiger partial charge in [0.15, 0.2) is 0 Å². The Balaban J connectivity index is 2.08. The number of nitrogens with one attached hydrogen (secondary N) is 4. The van der Waals surface area contributed by atoms with Gasteiger partial charge in [0.25, 0.3) is 0 Å². The Labute approximate surface area is 104 Å². The van der Waals surface area contributed by atoms with E-state index in [0.717, 1.165) is 11.3 Å². The molecule has 0 unspecified atom stereocenters. The number of carbonyl (C=O) groups excluding carboxylic acids is 2. The second-order valence-electron chi connectivity index (χ2n) is 3.63. The van der Waals surface area contributed by atoms with Gasteiger partial charge in [0.05, 0.1) is 12.3 Å². The van der Waals surface area contributed by atoms with Gasteiger partial charge < -0.3 is 16.0 Å². The summed E-state index contributed by atoms with van der Waals surface area (Å²) in [5.41, 5.74) is 4.65. The minimum atomic E-state index is -0.309. The molecule has 0 saturated carbocycles. The van der Waals surface area contributed by atoms with Gasteiger partial charge in [-0.1, -0.05) is 12.1 Å². The van der Waals surface area contributed by atoms with E-state index in [1.807, 2.05) is 12.1 Å². The average molecular weight is 247 g/mol. The van der Waals surface area contributed by atoms with Crippen molar-refractivity contribution in [2.24, 2.45) is 5.10 Å². The molecular weight excluding hydrogens is 234 g/mol. The lowest BCUT2D eigenvalue weighted by Gasteiger charge is -2.14. The topological polar surface area (TPSA) is 94.6 Å². The van der Waals surface area contributed by atoms with Gasteiger partial charge in [-0.25, -0.2) is 15.0 Å². The summed E-state index contributed by atoms with van der Waals surface area (Å²) in [5, 5.41) is 11.7. The first-order valence-electron chi connectivity index (χ1n) is 5.38. The van der Waals surface area contributed by atoms with Crippen LogP contribution in [0.15, 0.2) is 29.4 Å². The second kappa shape index (κ2) is 5.17. The minimum Gasteiger partial charge on any atom is -0.341 e. The maximum atomic E-state index is 11.1. The quantitative estimate of drug-likeness (QED) is 0.611. The molecule has 1 aliphatic rings. The van der Waals surface area contributed by atoms with Gasteiger partial charge in [0.1, 0.15) is 0 Å². The number of nitrogens with zero attached hydrogens (tertiary/aromatic N) is 1. The Morgan fingerprint density at radius 2 is 2.06 bits per heavy atom. The van der Waals surface area contributed by atoms with E-state index in [1.165, 1.54) is 0 Å². The number of anilines is 1. The van der Waals surface area contributed by atoms with Crippen LogP contribution >= 0.6 is 0 Å². The molecule has 2 rings (SSSR count). The number of hydrogen-bond donors (Lipinski definition) is 4. The molecule has 7 heteroatoms. The van der Waals surface area contributed by atoms with Crippen molar-refractivity contribution in [1.29, 1.82) is 0 Å². The van der Waals surface area contributed by atoms with Crippen molar-refractivity contribution in [3.63, 3.8) is 0 Å². The fraction of sp³-hybridized carbons (Fsp3) is 0.182. The Hall–Kier alpha value is -2.57. The molecule has 1 aliphatic heterocycles. The number of urea groups is 2. The number of hydrogen-bond acceptors (Lipinski definition) is 3. The first-order valence-corrected chi connectivity index (χ1v) is 5.38. The van der Waals surface area contributed by atoms with Crippen molar-refractivity contribution >= 4 is 23.5 Å². The highest BCUT2D eigenvalue weighted by atomic mass is 16.2. The summed E-state index contributed by atoms with van der Waals surface area (Å²) in [6.45, 7) is 0.383. The maximum absolute atomic E-state index is 11.1. The molecule has 1 aromatic rings. The highest BCUT2D eigenvalue weighted by molar-refractivity contribution is 6.05. The van der Waals surface area contributed by atoms with Crippen molar-refractivity contribution in [2.75, 3.05) is 18.9 Å². The summed E-state index contributed by atoms with van der Waals surface area (Å²) < 4.78 is 0. The van der Waals surface area contributed by atoms with Gasteiger partial charge in [0.2, 0.25) is 0 Å². The Morgan fingerprint density at radius 1 is 1.33 bits per heavy atom. The molecule has 1 aromatic carbocycles. The molecule has 7 nitrogen and oxygen atoms in total. The summed E-state index contributed by atoms with van der Waals surface area (Å²) in [6.07, 6.45) is 0. The van der Waals surface area contributed by atoms with Crippen molar-refractivity contribution in [2.45, 2.75) is 0 Å². The van der Waals surface area contributed by atoms with Gasteiger partial charge in [-0.15, -0.1) is 0 Å². The smallest absolute Gasteiger partial charge is 0.335 e. The molecule has 94 valence electrons. The van der Waals surface area contributed by atoms with Crippen molar-refractivity contribution in [3.8, 4) is 0 Å². The average Bonchev–Trinajstić information content (AvgIpc) is 2.40. The third-order valence-corrected chi connectivity index (χ3v) is 2.41. The van der Waals surface area contributed by atoms with Crippen LogP contribution in [0.2, 0.25) is 0 Å². The Bertz CT molecular complexity index is 495. The van der Waals surface area contributed by atoms with E-state index >= 15 is 0 Å². The maximum Gasteiger partial charge on any atom is 0.335 e.